The maximum Gasteiger partial charge on any atom is 0.193 e. The summed E-state index contributed by atoms with van der Waals surface area (Å²) in [5.41, 5.74) is 2.45. The Morgan fingerprint density at radius 3 is 2.81 bits per heavy atom. The maximum atomic E-state index is 5.51. The number of anilines is 1. The molecule has 0 bridgehead atoms. The molecule has 0 spiro atoms. The van der Waals surface area contributed by atoms with Crippen LogP contribution in [0.25, 0.3) is 0 Å². The van der Waals surface area contributed by atoms with E-state index < -0.39 is 0 Å². The molecule has 1 aliphatic heterocycles. The summed E-state index contributed by atoms with van der Waals surface area (Å²) < 4.78 is 7.66. The van der Waals surface area contributed by atoms with Crippen LogP contribution < -0.4 is 15.0 Å². The van der Waals surface area contributed by atoms with Gasteiger partial charge in [0.15, 0.2) is 5.96 Å². The molecule has 6 heteroatoms. The molecule has 1 atom stereocenters. The van der Waals surface area contributed by atoms with Gasteiger partial charge in [-0.2, -0.15) is 0 Å². The number of rotatable bonds is 6. The molecule has 1 aliphatic rings. The van der Waals surface area contributed by atoms with E-state index in [1.807, 2.05) is 19.2 Å². The van der Waals surface area contributed by atoms with E-state index in [1.165, 1.54) is 17.8 Å². The predicted molar refractivity (Wildman–Crippen MR) is 112 cm³/mol. The van der Waals surface area contributed by atoms with Crippen LogP contribution in [-0.2, 0) is 13.6 Å². The highest BCUT2D eigenvalue weighted by Gasteiger charge is 2.25. The number of hydrogen-bond acceptors (Lipinski definition) is 3. The molecule has 1 fully saturated rings. The first kappa shape index (κ1) is 19.1. The second kappa shape index (κ2) is 8.84. The number of ether oxygens (including phenoxy) is 1. The van der Waals surface area contributed by atoms with Gasteiger partial charge in [0.25, 0.3) is 0 Å². The molecule has 2 heterocycles. The molecule has 1 saturated heterocycles. The number of nitrogens with one attached hydrogen (secondary N) is 1. The molecule has 1 aromatic heterocycles. The van der Waals surface area contributed by atoms with E-state index in [9.17, 15) is 0 Å². The van der Waals surface area contributed by atoms with Gasteiger partial charge in [-0.1, -0.05) is 12.1 Å². The van der Waals surface area contributed by atoms with E-state index in [0.717, 1.165) is 37.9 Å². The van der Waals surface area contributed by atoms with Crippen molar-refractivity contribution in [2.45, 2.75) is 13.0 Å². The van der Waals surface area contributed by atoms with Crippen LogP contribution in [0.1, 0.15) is 12.1 Å². The van der Waals surface area contributed by atoms with Gasteiger partial charge in [-0.3, -0.25) is 4.99 Å². The fourth-order valence-corrected chi connectivity index (χ4v) is 3.71. The third kappa shape index (κ3) is 4.56. The summed E-state index contributed by atoms with van der Waals surface area (Å²) in [7, 11) is 7.74. The van der Waals surface area contributed by atoms with Gasteiger partial charge in [-0.15, -0.1) is 0 Å². The zero-order valence-electron chi connectivity index (χ0n) is 16.9. The van der Waals surface area contributed by atoms with E-state index in [-0.39, 0.29) is 0 Å². The Kier molecular flexibility index (Phi) is 6.27. The van der Waals surface area contributed by atoms with Crippen LogP contribution in [0.5, 0.6) is 5.75 Å². The first-order valence-electron chi connectivity index (χ1n) is 9.52. The number of nitrogens with zero attached hydrogens (tertiary/aromatic N) is 4. The van der Waals surface area contributed by atoms with Crippen molar-refractivity contribution in [1.82, 2.24) is 14.8 Å². The third-order valence-corrected chi connectivity index (χ3v) is 5.28. The van der Waals surface area contributed by atoms with E-state index in [2.05, 4.69) is 69.2 Å². The van der Waals surface area contributed by atoms with Crippen molar-refractivity contribution in [2.75, 3.05) is 45.7 Å². The number of guanidine groups is 1. The lowest BCUT2D eigenvalue weighted by atomic mass is 10.1. The molecule has 0 radical (unpaired) electrons. The second-order valence-corrected chi connectivity index (χ2v) is 7.17. The molecule has 27 heavy (non-hydrogen) atoms. The molecule has 146 valence electrons. The smallest absolute Gasteiger partial charge is 0.193 e. The van der Waals surface area contributed by atoms with E-state index in [0.29, 0.717) is 5.92 Å². The van der Waals surface area contributed by atoms with E-state index in [4.69, 9.17) is 4.74 Å². The Balaban J connectivity index is 1.53. The van der Waals surface area contributed by atoms with Crippen molar-refractivity contribution in [2.24, 2.45) is 18.0 Å². The number of methoxy groups -OCH3 is 1. The Hall–Kier alpha value is -2.63. The highest BCUT2D eigenvalue weighted by molar-refractivity contribution is 5.79. The number of benzene rings is 1. The molecule has 3 rings (SSSR count). The van der Waals surface area contributed by atoms with Crippen LogP contribution in [0.15, 0.2) is 47.6 Å². The fourth-order valence-electron chi connectivity index (χ4n) is 3.71. The maximum absolute atomic E-state index is 5.51. The summed E-state index contributed by atoms with van der Waals surface area (Å²) in [6.45, 7) is 3.85. The Bertz CT molecular complexity index is 769. The van der Waals surface area contributed by atoms with E-state index in [1.54, 1.807) is 7.11 Å². The summed E-state index contributed by atoms with van der Waals surface area (Å²) in [5.74, 6) is 2.48. The molecule has 2 aromatic rings. The Labute approximate surface area is 162 Å². The average molecular weight is 370 g/mol. The quantitative estimate of drug-likeness (QED) is 0.628. The molecular weight excluding hydrogens is 338 g/mol. The second-order valence-electron chi connectivity index (χ2n) is 7.17. The normalized spacial score (nSPS) is 17.3. The molecule has 1 aromatic carbocycles. The van der Waals surface area contributed by atoms with Crippen molar-refractivity contribution >= 4 is 11.6 Å². The van der Waals surface area contributed by atoms with Crippen LogP contribution in [0, 0.1) is 5.92 Å². The van der Waals surface area contributed by atoms with Crippen LogP contribution in [-0.4, -0.2) is 56.3 Å². The van der Waals surface area contributed by atoms with Crippen molar-refractivity contribution in [3.8, 4) is 5.75 Å². The van der Waals surface area contributed by atoms with Gasteiger partial charge in [-0.25, -0.2) is 0 Å². The van der Waals surface area contributed by atoms with Crippen molar-refractivity contribution < 1.29 is 4.74 Å². The van der Waals surface area contributed by atoms with Gasteiger partial charge in [0.05, 0.1) is 19.3 Å². The number of aliphatic imine (C=N–C) groups is 1. The van der Waals surface area contributed by atoms with Gasteiger partial charge in [0.2, 0.25) is 0 Å². The van der Waals surface area contributed by atoms with Gasteiger partial charge in [-0.05, 0) is 36.6 Å². The molecule has 0 saturated carbocycles. The summed E-state index contributed by atoms with van der Waals surface area (Å²) in [5, 5.41) is 3.55. The first-order chi connectivity index (χ1) is 13.1. The van der Waals surface area contributed by atoms with Gasteiger partial charge in [0, 0.05) is 52.7 Å². The number of aromatic nitrogens is 1. The van der Waals surface area contributed by atoms with Crippen LogP contribution in [0.3, 0.4) is 0 Å². The van der Waals surface area contributed by atoms with Gasteiger partial charge in [0.1, 0.15) is 5.75 Å². The minimum absolute atomic E-state index is 0.593. The summed E-state index contributed by atoms with van der Waals surface area (Å²) in [6.07, 6.45) is 3.24. The summed E-state index contributed by atoms with van der Waals surface area (Å²) in [4.78, 5) is 9.04. The molecular formula is C21H31N5O. The lowest BCUT2D eigenvalue weighted by Gasteiger charge is -2.24. The zero-order chi connectivity index (χ0) is 19.2. The zero-order valence-corrected chi connectivity index (χ0v) is 16.9. The lowest BCUT2D eigenvalue weighted by molar-refractivity contribution is 0.414. The molecule has 6 nitrogen and oxygen atoms in total. The summed E-state index contributed by atoms with van der Waals surface area (Å²) in [6, 6.07) is 12.5. The highest BCUT2D eigenvalue weighted by atomic mass is 16.5. The van der Waals surface area contributed by atoms with Crippen LogP contribution in [0.2, 0.25) is 0 Å². The van der Waals surface area contributed by atoms with Crippen LogP contribution >= 0.6 is 0 Å². The lowest BCUT2D eigenvalue weighted by Crippen LogP contribution is -2.41. The predicted octanol–water partition coefficient (Wildman–Crippen LogP) is 2.57. The number of para-hydroxylation sites is 2. The minimum Gasteiger partial charge on any atom is -0.495 e. The first-order valence-corrected chi connectivity index (χ1v) is 9.52. The van der Waals surface area contributed by atoms with Gasteiger partial charge >= 0.3 is 0 Å². The summed E-state index contributed by atoms with van der Waals surface area (Å²) >= 11 is 0. The molecule has 0 aliphatic carbocycles. The Morgan fingerprint density at radius 1 is 1.30 bits per heavy atom. The molecule has 1 unspecified atom stereocenters. The SMILES string of the molecule is CN=C(NCC1CCN(c2ccccc2OC)C1)N(C)Cc1cccn1C. The largest absolute Gasteiger partial charge is 0.495 e. The van der Waals surface area contributed by atoms with Gasteiger partial charge < -0.3 is 24.4 Å². The van der Waals surface area contributed by atoms with Crippen molar-refractivity contribution in [1.29, 1.82) is 0 Å². The number of aryl methyl sites for hydroxylation is 1. The number of hydrogen-bond donors (Lipinski definition) is 1. The molecule has 1 N–H and O–H groups in total. The molecule has 0 amide bonds. The minimum atomic E-state index is 0.593. The monoisotopic (exact) mass is 369 g/mol. The Morgan fingerprint density at radius 2 is 2.11 bits per heavy atom. The topological polar surface area (TPSA) is 45.0 Å². The van der Waals surface area contributed by atoms with Crippen LogP contribution in [0.4, 0.5) is 5.69 Å². The average Bonchev–Trinajstić information content (AvgIpc) is 3.31. The third-order valence-electron chi connectivity index (χ3n) is 5.28. The van der Waals surface area contributed by atoms with Crippen molar-refractivity contribution in [3.05, 3.63) is 48.3 Å². The fraction of sp³-hybridized carbons (Fsp3) is 0.476. The highest BCUT2D eigenvalue weighted by Crippen LogP contribution is 2.31. The standard InChI is InChI=1S/C21H31N5O/c1-22-21(25(3)16-18-8-7-12-24(18)2)23-14-17-11-13-26(15-17)19-9-5-6-10-20(19)27-4/h5-10,12,17H,11,13-16H2,1-4H3,(H,22,23). The van der Waals surface area contributed by atoms with E-state index >= 15 is 0 Å². The van der Waals surface area contributed by atoms with Crippen molar-refractivity contribution in [3.63, 3.8) is 0 Å².